The van der Waals surface area contributed by atoms with Crippen LogP contribution in [0, 0.1) is 0 Å². The number of hydrogen-bond donors (Lipinski definition) is 1. The zero-order chi connectivity index (χ0) is 11.4. The van der Waals surface area contributed by atoms with E-state index in [1.807, 2.05) is 29.6 Å². The molecule has 0 aliphatic rings. The second-order valence-electron chi connectivity index (χ2n) is 3.34. The standard InChI is InChI=1S/C11H11N3OS/c1-8(15)7-12-11-5-4-9(13-14-11)10-3-2-6-16-10/h2-6H,7H2,1H3,(H,12,14). The minimum Gasteiger partial charge on any atom is -0.362 e. The molecule has 0 aliphatic heterocycles. The lowest BCUT2D eigenvalue weighted by molar-refractivity contribution is -0.115. The molecule has 0 aliphatic carbocycles. The molecule has 0 spiro atoms. The largest absolute Gasteiger partial charge is 0.362 e. The first-order chi connectivity index (χ1) is 7.75. The van der Waals surface area contributed by atoms with Crippen molar-refractivity contribution in [2.45, 2.75) is 6.92 Å². The van der Waals surface area contributed by atoms with E-state index in [0.29, 0.717) is 5.82 Å². The maximum Gasteiger partial charge on any atom is 0.149 e. The lowest BCUT2D eigenvalue weighted by Gasteiger charge is -2.02. The van der Waals surface area contributed by atoms with Crippen molar-refractivity contribution >= 4 is 22.9 Å². The fourth-order valence-electron chi connectivity index (χ4n) is 1.20. The van der Waals surface area contributed by atoms with Crippen molar-refractivity contribution in [3.63, 3.8) is 0 Å². The SMILES string of the molecule is CC(=O)CNc1ccc(-c2cccs2)nn1. The molecule has 0 aromatic carbocycles. The predicted octanol–water partition coefficient (Wildman–Crippen LogP) is 2.21. The Morgan fingerprint density at radius 2 is 2.25 bits per heavy atom. The molecule has 2 aromatic heterocycles. The number of nitrogens with zero attached hydrogens (tertiary/aromatic N) is 2. The van der Waals surface area contributed by atoms with Crippen LogP contribution in [0.1, 0.15) is 6.92 Å². The van der Waals surface area contributed by atoms with Gasteiger partial charge in [-0.25, -0.2) is 0 Å². The number of Topliss-reactive ketones (excluding diaryl/α,β-unsaturated/α-hetero) is 1. The van der Waals surface area contributed by atoms with Gasteiger partial charge in [0.05, 0.1) is 11.4 Å². The normalized spacial score (nSPS) is 10.1. The molecule has 5 heteroatoms. The molecular formula is C11H11N3OS. The number of hydrogen-bond acceptors (Lipinski definition) is 5. The molecule has 82 valence electrons. The van der Waals surface area contributed by atoms with E-state index in [0.717, 1.165) is 10.6 Å². The Kier molecular flexibility index (Phi) is 3.26. The molecule has 4 nitrogen and oxygen atoms in total. The Bertz CT molecular complexity index is 464. The summed E-state index contributed by atoms with van der Waals surface area (Å²) in [5, 5.41) is 13.0. The first-order valence-corrected chi connectivity index (χ1v) is 5.74. The summed E-state index contributed by atoms with van der Waals surface area (Å²) >= 11 is 1.62. The summed E-state index contributed by atoms with van der Waals surface area (Å²) in [6.07, 6.45) is 0. The van der Waals surface area contributed by atoms with E-state index in [4.69, 9.17) is 0 Å². The third-order valence-electron chi connectivity index (χ3n) is 1.96. The lowest BCUT2D eigenvalue weighted by Crippen LogP contribution is -2.11. The first kappa shape index (κ1) is 10.8. The molecule has 2 rings (SSSR count). The van der Waals surface area contributed by atoms with Gasteiger partial charge >= 0.3 is 0 Å². The molecule has 0 unspecified atom stereocenters. The van der Waals surface area contributed by atoms with Crippen molar-refractivity contribution in [3.05, 3.63) is 29.6 Å². The maximum absolute atomic E-state index is 10.8. The van der Waals surface area contributed by atoms with E-state index in [1.165, 1.54) is 6.92 Å². The highest BCUT2D eigenvalue weighted by molar-refractivity contribution is 7.13. The topological polar surface area (TPSA) is 54.9 Å². The van der Waals surface area contributed by atoms with Crippen molar-refractivity contribution in [1.82, 2.24) is 10.2 Å². The monoisotopic (exact) mass is 233 g/mol. The number of nitrogens with one attached hydrogen (secondary N) is 1. The van der Waals surface area contributed by atoms with E-state index in [1.54, 1.807) is 11.3 Å². The third-order valence-corrected chi connectivity index (χ3v) is 2.85. The highest BCUT2D eigenvalue weighted by Crippen LogP contribution is 2.22. The van der Waals surface area contributed by atoms with Crippen LogP contribution < -0.4 is 5.32 Å². The number of carbonyl (C=O) groups excluding carboxylic acids is 1. The minimum atomic E-state index is 0.0733. The highest BCUT2D eigenvalue weighted by atomic mass is 32.1. The summed E-state index contributed by atoms with van der Waals surface area (Å²) in [5.41, 5.74) is 0.850. The van der Waals surface area contributed by atoms with Crippen LogP contribution in [-0.2, 0) is 4.79 Å². The zero-order valence-electron chi connectivity index (χ0n) is 8.80. The molecule has 0 bridgehead atoms. The Morgan fingerprint density at radius 1 is 1.38 bits per heavy atom. The number of aromatic nitrogens is 2. The molecule has 2 heterocycles. The summed E-state index contributed by atoms with van der Waals surface area (Å²) in [4.78, 5) is 11.9. The van der Waals surface area contributed by atoms with E-state index in [2.05, 4.69) is 15.5 Å². The van der Waals surface area contributed by atoms with E-state index in [9.17, 15) is 4.79 Å². The highest BCUT2D eigenvalue weighted by Gasteiger charge is 2.01. The summed E-state index contributed by atoms with van der Waals surface area (Å²) in [6, 6.07) is 7.69. The summed E-state index contributed by atoms with van der Waals surface area (Å²) < 4.78 is 0. The Balaban J connectivity index is 2.08. The molecule has 0 saturated carbocycles. The Labute approximate surface area is 97.3 Å². The molecule has 0 atom stereocenters. The molecule has 16 heavy (non-hydrogen) atoms. The van der Waals surface area contributed by atoms with Crippen LogP contribution in [0.25, 0.3) is 10.6 Å². The average Bonchev–Trinajstić information content (AvgIpc) is 2.80. The quantitative estimate of drug-likeness (QED) is 0.879. The van der Waals surface area contributed by atoms with Crippen molar-refractivity contribution in [3.8, 4) is 10.6 Å². The summed E-state index contributed by atoms with van der Waals surface area (Å²) in [5.74, 6) is 0.694. The molecule has 0 fully saturated rings. The fraction of sp³-hybridized carbons (Fsp3) is 0.182. The van der Waals surface area contributed by atoms with Crippen LogP contribution in [0.3, 0.4) is 0 Å². The van der Waals surface area contributed by atoms with Gasteiger partial charge in [0.1, 0.15) is 17.3 Å². The fourth-order valence-corrected chi connectivity index (χ4v) is 1.89. The summed E-state index contributed by atoms with van der Waals surface area (Å²) in [7, 11) is 0. The van der Waals surface area contributed by atoms with Gasteiger partial charge in [-0.2, -0.15) is 0 Å². The van der Waals surface area contributed by atoms with Gasteiger partial charge in [-0.1, -0.05) is 6.07 Å². The number of carbonyl (C=O) groups is 1. The number of rotatable bonds is 4. The number of thiophene rings is 1. The van der Waals surface area contributed by atoms with Gasteiger partial charge in [-0.05, 0) is 30.5 Å². The second kappa shape index (κ2) is 4.85. The predicted molar refractivity (Wildman–Crippen MR) is 64.5 cm³/mol. The van der Waals surface area contributed by atoms with Crippen molar-refractivity contribution in [2.24, 2.45) is 0 Å². The Hall–Kier alpha value is -1.75. The van der Waals surface area contributed by atoms with Gasteiger partial charge in [-0.15, -0.1) is 21.5 Å². The summed E-state index contributed by atoms with van der Waals surface area (Å²) in [6.45, 7) is 1.81. The van der Waals surface area contributed by atoms with Gasteiger partial charge in [0.15, 0.2) is 0 Å². The smallest absolute Gasteiger partial charge is 0.149 e. The molecule has 2 aromatic rings. The van der Waals surface area contributed by atoms with Gasteiger partial charge in [0, 0.05) is 0 Å². The van der Waals surface area contributed by atoms with Crippen molar-refractivity contribution in [1.29, 1.82) is 0 Å². The lowest BCUT2D eigenvalue weighted by atomic mass is 10.3. The van der Waals surface area contributed by atoms with Crippen LogP contribution in [0.2, 0.25) is 0 Å². The molecular weight excluding hydrogens is 222 g/mol. The van der Waals surface area contributed by atoms with Gasteiger partial charge < -0.3 is 5.32 Å². The van der Waals surface area contributed by atoms with E-state index in [-0.39, 0.29) is 12.3 Å². The van der Waals surface area contributed by atoms with Gasteiger partial charge in [0.25, 0.3) is 0 Å². The maximum atomic E-state index is 10.8. The van der Waals surface area contributed by atoms with Crippen molar-refractivity contribution < 1.29 is 4.79 Å². The second-order valence-corrected chi connectivity index (χ2v) is 4.28. The van der Waals surface area contributed by atoms with Crippen LogP contribution >= 0.6 is 11.3 Å². The number of ketones is 1. The average molecular weight is 233 g/mol. The Morgan fingerprint density at radius 3 is 2.81 bits per heavy atom. The van der Waals surface area contributed by atoms with E-state index >= 15 is 0 Å². The molecule has 0 saturated heterocycles. The molecule has 0 amide bonds. The number of anilines is 1. The van der Waals surface area contributed by atoms with Crippen molar-refractivity contribution in [2.75, 3.05) is 11.9 Å². The first-order valence-electron chi connectivity index (χ1n) is 4.86. The minimum absolute atomic E-state index is 0.0733. The van der Waals surface area contributed by atoms with Crippen LogP contribution in [-0.4, -0.2) is 22.5 Å². The zero-order valence-corrected chi connectivity index (χ0v) is 9.62. The third kappa shape index (κ3) is 2.64. The van der Waals surface area contributed by atoms with Crippen LogP contribution in [0.5, 0.6) is 0 Å². The van der Waals surface area contributed by atoms with Crippen LogP contribution in [0.15, 0.2) is 29.6 Å². The molecule has 0 radical (unpaired) electrons. The van der Waals surface area contributed by atoms with Crippen LogP contribution in [0.4, 0.5) is 5.82 Å². The molecule has 1 N–H and O–H groups in total. The van der Waals surface area contributed by atoms with E-state index < -0.39 is 0 Å². The van der Waals surface area contributed by atoms with Gasteiger partial charge in [-0.3, -0.25) is 4.79 Å². The van der Waals surface area contributed by atoms with Gasteiger partial charge in [0.2, 0.25) is 0 Å².